The van der Waals surface area contributed by atoms with Gasteiger partial charge in [-0.1, -0.05) is 5.21 Å². The fraction of sp³-hybridized carbons (Fsp3) is 0.312. The van der Waals surface area contributed by atoms with Crippen molar-refractivity contribution in [2.45, 2.75) is 18.9 Å². The number of benzene rings is 1. The van der Waals surface area contributed by atoms with E-state index in [2.05, 4.69) is 30.9 Å². The molecular weight excluding hydrogens is 306 g/mol. The summed E-state index contributed by atoms with van der Waals surface area (Å²) in [5, 5.41) is 14.3. The van der Waals surface area contributed by atoms with E-state index in [1.807, 2.05) is 6.07 Å². The van der Waals surface area contributed by atoms with E-state index in [-0.39, 0.29) is 5.91 Å². The molecule has 0 saturated carbocycles. The number of carbonyl (C=O) groups is 1. The van der Waals surface area contributed by atoms with Crippen molar-refractivity contribution in [3.8, 4) is 0 Å². The van der Waals surface area contributed by atoms with Crippen molar-refractivity contribution >= 4 is 22.6 Å². The van der Waals surface area contributed by atoms with Gasteiger partial charge >= 0.3 is 0 Å². The van der Waals surface area contributed by atoms with Crippen LogP contribution in [-0.2, 0) is 0 Å². The largest absolute Gasteiger partial charge is 0.320 e. The lowest BCUT2D eigenvalue weighted by molar-refractivity contribution is 0.102. The third kappa shape index (κ3) is 2.95. The maximum absolute atomic E-state index is 12.4. The summed E-state index contributed by atoms with van der Waals surface area (Å²) in [5.41, 5.74) is 2.48. The maximum atomic E-state index is 12.4. The molecule has 3 aromatic rings. The zero-order valence-electron chi connectivity index (χ0n) is 13.0. The van der Waals surface area contributed by atoms with E-state index < -0.39 is 0 Å². The van der Waals surface area contributed by atoms with Crippen LogP contribution in [0.5, 0.6) is 0 Å². The van der Waals surface area contributed by atoms with Gasteiger partial charge in [0.05, 0.1) is 23.3 Å². The summed E-state index contributed by atoms with van der Waals surface area (Å²) in [6, 6.07) is 5.71. The van der Waals surface area contributed by atoms with Crippen molar-refractivity contribution in [3.05, 3.63) is 42.5 Å². The monoisotopic (exact) mass is 323 g/mol. The smallest absolute Gasteiger partial charge is 0.277 e. The zero-order valence-corrected chi connectivity index (χ0v) is 13.0. The van der Waals surface area contributed by atoms with Crippen LogP contribution in [-0.4, -0.2) is 44.0 Å². The van der Waals surface area contributed by atoms with E-state index in [9.17, 15) is 4.79 Å². The molecule has 1 aliphatic rings. The van der Waals surface area contributed by atoms with Crippen LogP contribution in [0.3, 0.4) is 0 Å². The van der Waals surface area contributed by atoms with Crippen molar-refractivity contribution in [2.75, 3.05) is 18.4 Å². The lowest BCUT2D eigenvalue weighted by Crippen LogP contribution is -2.29. The Morgan fingerprint density at radius 2 is 1.96 bits per heavy atom. The number of nitrogens with zero attached hydrogens (tertiary/aromatic N) is 5. The van der Waals surface area contributed by atoms with Gasteiger partial charge in [-0.15, -0.1) is 5.10 Å². The maximum Gasteiger partial charge on any atom is 0.277 e. The van der Waals surface area contributed by atoms with Crippen molar-refractivity contribution < 1.29 is 4.79 Å². The summed E-state index contributed by atoms with van der Waals surface area (Å²) in [5.74, 6) is -0.279. The Morgan fingerprint density at radius 3 is 2.79 bits per heavy atom. The first-order valence-electron chi connectivity index (χ1n) is 7.94. The molecule has 0 spiro atoms. The van der Waals surface area contributed by atoms with E-state index in [4.69, 9.17) is 0 Å². The highest BCUT2D eigenvalue weighted by Crippen LogP contribution is 2.18. The molecular formula is C16H17N7O. The predicted octanol–water partition coefficient (Wildman–Crippen LogP) is 1.40. The van der Waals surface area contributed by atoms with Crippen molar-refractivity contribution in [1.82, 2.24) is 30.3 Å². The fourth-order valence-corrected chi connectivity index (χ4v) is 2.87. The van der Waals surface area contributed by atoms with E-state index in [1.165, 1.54) is 0 Å². The van der Waals surface area contributed by atoms with Crippen LogP contribution in [0.15, 0.2) is 36.8 Å². The van der Waals surface area contributed by atoms with Gasteiger partial charge in [-0.25, -0.2) is 4.68 Å². The minimum absolute atomic E-state index is 0.279. The molecule has 2 N–H and O–H groups in total. The number of anilines is 1. The summed E-state index contributed by atoms with van der Waals surface area (Å²) < 4.78 is 1.79. The van der Waals surface area contributed by atoms with Crippen LogP contribution in [0.4, 0.5) is 5.69 Å². The highest BCUT2D eigenvalue weighted by Gasteiger charge is 2.18. The van der Waals surface area contributed by atoms with Gasteiger partial charge in [0, 0.05) is 18.1 Å². The molecule has 4 rings (SSSR count). The zero-order chi connectivity index (χ0) is 16.4. The Balaban J connectivity index is 1.49. The second-order valence-corrected chi connectivity index (χ2v) is 5.78. The molecule has 24 heavy (non-hydrogen) atoms. The van der Waals surface area contributed by atoms with Crippen LogP contribution in [0, 0.1) is 0 Å². The highest BCUT2D eigenvalue weighted by molar-refractivity contribution is 6.03. The number of nitrogens with one attached hydrogen (secondary N) is 2. The minimum atomic E-state index is -0.279. The Labute approximate surface area is 138 Å². The molecule has 1 fully saturated rings. The second-order valence-electron chi connectivity index (χ2n) is 5.78. The quantitative estimate of drug-likeness (QED) is 0.756. The summed E-state index contributed by atoms with van der Waals surface area (Å²) in [7, 11) is 0. The van der Waals surface area contributed by atoms with Gasteiger partial charge in [0.1, 0.15) is 0 Å². The van der Waals surface area contributed by atoms with Crippen LogP contribution >= 0.6 is 0 Å². The molecule has 0 atom stereocenters. The Hall–Kier alpha value is -2.87. The summed E-state index contributed by atoms with van der Waals surface area (Å²) in [4.78, 5) is 20.8. The first kappa shape index (κ1) is 14.7. The van der Waals surface area contributed by atoms with Gasteiger partial charge < -0.3 is 10.6 Å². The molecule has 122 valence electrons. The van der Waals surface area contributed by atoms with Gasteiger partial charge in [-0.05, 0) is 44.1 Å². The number of hydrogen-bond acceptors (Lipinski definition) is 6. The number of amides is 1. The Bertz CT molecular complexity index is 869. The molecule has 2 aromatic heterocycles. The molecule has 3 heterocycles. The van der Waals surface area contributed by atoms with E-state index in [1.54, 1.807) is 35.4 Å². The average molecular weight is 323 g/mol. The number of rotatable bonds is 3. The van der Waals surface area contributed by atoms with Gasteiger partial charge in [0.25, 0.3) is 5.91 Å². The van der Waals surface area contributed by atoms with E-state index in [0.29, 0.717) is 17.4 Å². The van der Waals surface area contributed by atoms with Crippen molar-refractivity contribution in [1.29, 1.82) is 0 Å². The Morgan fingerprint density at radius 1 is 1.17 bits per heavy atom. The van der Waals surface area contributed by atoms with Crippen LogP contribution < -0.4 is 10.6 Å². The molecule has 1 amide bonds. The van der Waals surface area contributed by atoms with E-state index in [0.717, 1.165) is 37.0 Å². The number of hydrogen-bond donors (Lipinski definition) is 2. The van der Waals surface area contributed by atoms with Gasteiger partial charge in [-0.2, -0.15) is 0 Å². The standard InChI is InChI=1S/C16H17N7O/c24-16(15-10-23(22-21-15)12-3-5-17-6-4-12)20-11-1-2-13-14(9-11)19-8-7-18-13/h1-2,7-10,12,17H,3-6H2,(H,20,24). The Kier molecular flexibility index (Phi) is 3.87. The highest BCUT2D eigenvalue weighted by atomic mass is 16.2. The number of carbonyl (C=O) groups excluding carboxylic acids is 1. The summed E-state index contributed by atoms with van der Waals surface area (Å²) in [6.45, 7) is 1.92. The molecule has 0 aliphatic carbocycles. The topological polar surface area (TPSA) is 97.6 Å². The van der Waals surface area contributed by atoms with Crippen molar-refractivity contribution in [2.24, 2.45) is 0 Å². The van der Waals surface area contributed by atoms with Gasteiger partial charge in [0.15, 0.2) is 5.69 Å². The fourth-order valence-electron chi connectivity index (χ4n) is 2.87. The molecule has 1 aromatic carbocycles. The average Bonchev–Trinajstić information content (AvgIpc) is 3.13. The number of aromatic nitrogens is 5. The lowest BCUT2D eigenvalue weighted by Gasteiger charge is -2.22. The number of fused-ring (bicyclic) bond motifs is 1. The van der Waals surface area contributed by atoms with Crippen molar-refractivity contribution in [3.63, 3.8) is 0 Å². The molecule has 1 aliphatic heterocycles. The van der Waals surface area contributed by atoms with Crippen LogP contribution in [0.2, 0.25) is 0 Å². The normalized spacial score (nSPS) is 15.5. The summed E-state index contributed by atoms with van der Waals surface area (Å²) >= 11 is 0. The van der Waals surface area contributed by atoms with Crippen LogP contribution in [0.25, 0.3) is 11.0 Å². The molecule has 1 saturated heterocycles. The summed E-state index contributed by atoms with van der Waals surface area (Å²) in [6.07, 6.45) is 6.96. The first-order valence-corrected chi connectivity index (χ1v) is 7.94. The lowest BCUT2D eigenvalue weighted by atomic mass is 10.1. The molecule has 0 radical (unpaired) electrons. The third-order valence-electron chi connectivity index (χ3n) is 4.15. The number of piperidine rings is 1. The third-order valence-corrected chi connectivity index (χ3v) is 4.15. The molecule has 8 nitrogen and oxygen atoms in total. The molecule has 0 bridgehead atoms. The SMILES string of the molecule is O=C(Nc1ccc2nccnc2c1)c1cn(C2CCNCC2)nn1. The second kappa shape index (κ2) is 6.32. The molecule has 8 heteroatoms. The minimum Gasteiger partial charge on any atom is -0.320 e. The van der Waals surface area contributed by atoms with Crippen LogP contribution in [0.1, 0.15) is 29.4 Å². The molecule has 0 unspecified atom stereocenters. The first-order chi connectivity index (χ1) is 11.8. The van der Waals surface area contributed by atoms with Gasteiger partial charge in [0.2, 0.25) is 0 Å². The van der Waals surface area contributed by atoms with E-state index >= 15 is 0 Å². The van der Waals surface area contributed by atoms with Gasteiger partial charge in [-0.3, -0.25) is 14.8 Å². The predicted molar refractivity (Wildman–Crippen MR) is 88.7 cm³/mol.